The minimum Gasteiger partial charge on any atom is -0.369 e. The van der Waals surface area contributed by atoms with Gasteiger partial charge >= 0.3 is 17.8 Å². The first kappa shape index (κ1) is 14.5. The van der Waals surface area contributed by atoms with E-state index in [4.69, 9.17) is 0 Å². The molecule has 2 heterocycles. The molecule has 7 nitrogen and oxygen atoms in total. The molecule has 2 saturated heterocycles. The number of benzene rings is 1. The summed E-state index contributed by atoms with van der Waals surface area (Å²) < 4.78 is 0. The molecule has 0 radical (unpaired) electrons. The number of amides is 4. The molecule has 2 fully saturated rings. The first-order chi connectivity index (χ1) is 10.6. The number of urea groups is 1. The number of nitrogens with zero attached hydrogens (tertiary/aromatic N) is 4. The van der Waals surface area contributed by atoms with Gasteiger partial charge in [0.15, 0.2) is 0 Å². The standard InChI is InChI=1S/C15H18N4O3/c1-16-13(20)14(21)19(15(16)22)11-17-7-9-18(10-8-17)12-5-3-2-4-6-12/h2-6H,7-11H2,1H3. The summed E-state index contributed by atoms with van der Waals surface area (Å²) in [6, 6.07) is 9.58. The molecule has 4 amide bonds. The largest absolute Gasteiger partial charge is 0.369 e. The highest BCUT2D eigenvalue weighted by molar-refractivity contribution is 6.44. The predicted octanol–water partition coefficient (Wildman–Crippen LogP) is 0.187. The first-order valence-electron chi connectivity index (χ1n) is 7.24. The molecular formula is C15H18N4O3. The van der Waals surface area contributed by atoms with E-state index in [2.05, 4.69) is 17.0 Å². The van der Waals surface area contributed by atoms with Crippen LogP contribution in [0, 0.1) is 0 Å². The van der Waals surface area contributed by atoms with Gasteiger partial charge in [0.05, 0.1) is 6.67 Å². The number of likely N-dealkylation sites (N-methyl/N-ethyl adjacent to an activating group) is 1. The smallest absolute Gasteiger partial charge is 0.335 e. The van der Waals surface area contributed by atoms with Crippen LogP contribution in [0.1, 0.15) is 0 Å². The summed E-state index contributed by atoms with van der Waals surface area (Å²) in [5.41, 5.74) is 1.17. The number of piperazine rings is 1. The zero-order valence-corrected chi connectivity index (χ0v) is 12.4. The Hall–Kier alpha value is -2.41. The van der Waals surface area contributed by atoms with Crippen molar-refractivity contribution in [2.75, 3.05) is 44.8 Å². The van der Waals surface area contributed by atoms with Crippen LogP contribution in [0.4, 0.5) is 10.5 Å². The Morgan fingerprint density at radius 2 is 1.55 bits per heavy atom. The van der Waals surface area contributed by atoms with Crippen molar-refractivity contribution < 1.29 is 14.4 Å². The molecular weight excluding hydrogens is 284 g/mol. The highest BCUT2D eigenvalue weighted by Crippen LogP contribution is 2.17. The zero-order valence-electron chi connectivity index (χ0n) is 12.4. The van der Waals surface area contributed by atoms with E-state index in [1.165, 1.54) is 12.7 Å². The maximum absolute atomic E-state index is 11.9. The molecule has 0 atom stereocenters. The zero-order chi connectivity index (χ0) is 15.7. The molecule has 0 aromatic heterocycles. The number of imide groups is 2. The van der Waals surface area contributed by atoms with Crippen LogP contribution in [0.25, 0.3) is 0 Å². The first-order valence-corrected chi connectivity index (χ1v) is 7.24. The highest BCUT2D eigenvalue weighted by Gasteiger charge is 2.42. The van der Waals surface area contributed by atoms with Crippen LogP contribution >= 0.6 is 0 Å². The van der Waals surface area contributed by atoms with Crippen molar-refractivity contribution in [3.05, 3.63) is 30.3 Å². The lowest BCUT2D eigenvalue weighted by Crippen LogP contribution is -2.51. The molecule has 0 N–H and O–H groups in total. The Morgan fingerprint density at radius 1 is 0.909 bits per heavy atom. The summed E-state index contributed by atoms with van der Waals surface area (Å²) in [7, 11) is 1.33. The average Bonchev–Trinajstić information content (AvgIpc) is 2.74. The van der Waals surface area contributed by atoms with Crippen LogP contribution in [0.5, 0.6) is 0 Å². The van der Waals surface area contributed by atoms with Gasteiger partial charge in [-0.2, -0.15) is 0 Å². The third-order valence-corrected chi connectivity index (χ3v) is 4.09. The monoisotopic (exact) mass is 302 g/mol. The molecule has 0 unspecified atom stereocenters. The maximum atomic E-state index is 11.9. The van der Waals surface area contributed by atoms with Crippen LogP contribution in [-0.4, -0.2) is 72.4 Å². The highest BCUT2D eigenvalue weighted by atomic mass is 16.2. The van der Waals surface area contributed by atoms with Crippen molar-refractivity contribution in [1.82, 2.24) is 14.7 Å². The number of rotatable bonds is 3. The van der Waals surface area contributed by atoms with Crippen LogP contribution in [-0.2, 0) is 9.59 Å². The normalized spacial score (nSPS) is 20.2. The minimum atomic E-state index is -0.757. The predicted molar refractivity (Wildman–Crippen MR) is 80.1 cm³/mol. The average molecular weight is 302 g/mol. The summed E-state index contributed by atoms with van der Waals surface area (Å²) in [5, 5.41) is 0. The van der Waals surface area contributed by atoms with Crippen molar-refractivity contribution in [2.24, 2.45) is 0 Å². The Kier molecular flexibility index (Phi) is 3.81. The summed E-state index contributed by atoms with van der Waals surface area (Å²) in [6.45, 7) is 3.30. The van der Waals surface area contributed by atoms with Gasteiger partial charge in [-0.1, -0.05) is 18.2 Å². The lowest BCUT2D eigenvalue weighted by atomic mass is 10.2. The Labute approximate surface area is 128 Å². The topological polar surface area (TPSA) is 64.2 Å². The fourth-order valence-corrected chi connectivity index (χ4v) is 2.72. The molecule has 7 heteroatoms. The molecule has 116 valence electrons. The van der Waals surface area contributed by atoms with Crippen molar-refractivity contribution in [1.29, 1.82) is 0 Å². The van der Waals surface area contributed by atoms with E-state index in [-0.39, 0.29) is 6.67 Å². The number of para-hydroxylation sites is 1. The fraction of sp³-hybridized carbons (Fsp3) is 0.400. The van der Waals surface area contributed by atoms with E-state index in [9.17, 15) is 14.4 Å². The van der Waals surface area contributed by atoms with Crippen molar-refractivity contribution in [2.45, 2.75) is 0 Å². The second-order valence-corrected chi connectivity index (χ2v) is 5.46. The molecule has 1 aromatic rings. The molecule has 2 aliphatic heterocycles. The minimum absolute atomic E-state index is 0.177. The molecule has 2 aliphatic rings. The SMILES string of the molecule is CN1C(=O)C(=O)N(CN2CCN(c3ccccc3)CC2)C1=O. The van der Waals surface area contributed by atoms with Crippen LogP contribution < -0.4 is 4.90 Å². The molecule has 22 heavy (non-hydrogen) atoms. The van der Waals surface area contributed by atoms with Crippen LogP contribution in [0.15, 0.2) is 30.3 Å². The molecule has 0 bridgehead atoms. The van der Waals surface area contributed by atoms with Crippen LogP contribution in [0.3, 0.4) is 0 Å². The quantitative estimate of drug-likeness (QED) is 0.589. The van der Waals surface area contributed by atoms with Gasteiger partial charge in [-0.15, -0.1) is 0 Å². The van der Waals surface area contributed by atoms with Gasteiger partial charge in [0.2, 0.25) is 0 Å². The number of hydrogen-bond acceptors (Lipinski definition) is 5. The molecule has 3 rings (SSSR count). The fourth-order valence-electron chi connectivity index (χ4n) is 2.72. The maximum Gasteiger partial charge on any atom is 0.335 e. The summed E-state index contributed by atoms with van der Waals surface area (Å²) >= 11 is 0. The van der Waals surface area contributed by atoms with Gasteiger partial charge in [-0.25, -0.2) is 9.69 Å². The third kappa shape index (κ3) is 2.55. The Bertz CT molecular complexity index is 596. The van der Waals surface area contributed by atoms with Gasteiger partial charge in [0.25, 0.3) is 0 Å². The molecule has 0 aliphatic carbocycles. The van der Waals surface area contributed by atoms with E-state index in [0.29, 0.717) is 0 Å². The van der Waals surface area contributed by atoms with E-state index in [0.717, 1.165) is 36.0 Å². The van der Waals surface area contributed by atoms with Crippen LogP contribution in [0.2, 0.25) is 0 Å². The summed E-state index contributed by atoms with van der Waals surface area (Å²) in [5.74, 6) is -1.49. The van der Waals surface area contributed by atoms with Crippen molar-refractivity contribution in [3.8, 4) is 0 Å². The summed E-state index contributed by atoms with van der Waals surface area (Å²) in [4.78, 5) is 41.3. The van der Waals surface area contributed by atoms with Gasteiger partial charge in [0, 0.05) is 38.9 Å². The molecule has 0 spiro atoms. The number of carbonyl (C=O) groups excluding carboxylic acids is 3. The van der Waals surface area contributed by atoms with E-state index < -0.39 is 17.8 Å². The Balaban J connectivity index is 1.58. The van der Waals surface area contributed by atoms with Gasteiger partial charge < -0.3 is 4.90 Å². The second-order valence-electron chi connectivity index (χ2n) is 5.46. The van der Waals surface area contributed by atoms with E-state index in [1.807, 2.05) is 23.1 Å². The van der Waals surface area contributed by atoms with E-state index in [1.54, 1.807) is 0 Å². The molecule has 1 aromatic carbocycles. The van der Waals surface area contributed by atoms with Gasteiger partial charge in [0.1, 0.15) is 0 Å². The van der Waals surface area contributed by atoms with Gasteiger partial charge in [-0.3, -0.25) is 19.4 Å². The number of hydrogen-bond donors (Lipinski definition) is 0. The lowest BCUT2D eigenvalue weighted by molar-refractivity contribution is -0.143. The van der Waals surface area contributed by atoms with Crippen molar-refractivity contribution in [3.63, 3.8) is 0 Å². The van der Waals surface area contributed by atoms with Crippen molar-refractivity contribution >= 4 is 23.5 Å². The van der Waals surface area contributed by atoms with Gasteiger partial charge in [-0.05, 0) is 12.1 Å². The molecule has 0 saturated carbocycles. The summed E-state index contributed by atoms with van der Waals surface area (Å²) in [6.07, 6.45) is 0. The lowest BCUT2D eigenvalue weighted by Gasteiger charge is -2.37. The number of carbonyl (C=O) groups is 3. The number of anilines is 1. The van der Waals surface area contributed by atoms with E-state index >= 15 is 0 Å². The second kappa shape index (κ2) is 5.76. The third-order valence-electron chi connectivity index (χ3n) is 4.09. The Morgan fingerprint density at radius 3 is 2.09 bits per heavy atom.